The summed E-state index contributed by atoms with van der Waals surface area (Å²) in [6, 6.07) is 0. The molecule has 82 valence electrons. The second-order valence-electron chi connectivity index (χ2n) is 3.60. The Morgan fingerprint density at radius 1 is 1.50 bits per heavy atom. The summed E-state index contributed by atoms with van der Waals surface area (Å²) in [6.45, 7) is 3.09. The van der Waals surface area contributed by atoms with Crippen LogP contribution in [0.25, 0.3) is 0 Å². The maximum atomic E-state index is 10.8. The largest absolute Gasteiger partial charge is 1.00 e. The second-order valence-corrected chi connectivity index (χ2v) is 3.60. The van der Waals surface area contributed by atoms with Crippen molar-refractivity contribution in [3.05, 3.63) is 34.6 Å². The Hall–Kier alpha value is -0.550. The smallest absolute Gasteiger partial charge is 0.549 e. The van der Waals surface area contributed by atoms with Gasteiger partial charge in [-0.2, -0.15) is 0 Å². The Morgan fingerprint density at radius 3 is 2.44 bits per heavy atom. The summed E-state index contributed by atoms with van der Waals surface area (Å²) in [5, 5.41) is 29.5. The first-order valence-corrected chi connectivity index (χ1v) is 4.58. The SMILES string of the molecule is CC(C)=C1C(O)=C(CO)C=CC1C(=O)[O-].[Na+]. The Balaban J connectivity index is 0.00000225. The molecule has 0 fully saturated rings. The number of aliphatic carboxylic acids is 1. The van der Waals surface area contributed by atoms with E-state index in [2.05, 4.69) is 0 Å². The van der Waals surface area contributed by atoms with Crippen LogP contribution < -0.4 is 34.7 Å². The van der Waals surface area contributed by atoms with Gasteiger partial charge in [-0.25, -0.2) is 0 Å². The standard InChI is InChI=1S/C11H14O4.Na/c1-6(2)9-8(11(14)15)4-3-7(5-12)10(9)13;/h3-4,8,12-13H,5H2,1-2H3,(H,14,15);/q;+1/p-1. The van der Waals surface area contributed by atoms with Crippen molar-refractivity contribution < 1.29 is 49.7 Å². The summed E-state index contributed by atoms with van der Waals surface area (Å²) in [4.78, 5) is 10.8. The number of aliphatic hydroxyl groups excluding tert-OH is 2. The summed E-state index contributed by atoms with van der Waals surface area (Å²) in [5.41, 5.74) is 1.32. The molecule has 16 heavy (non-hydrogen) atoms. The fourth-order valence-corrected chi connectivity index (χ4v) is 1.58. The summed E-state index contributed by atoms with van der Waals surface area (Å²) < 4.78 is 0. The molecule has 0 aromatic carbocycles. The summed E-state index contributed by atoms with van der Waals surface area (Å²) >= 11 is 0. The van der Waals surface area contributed by atoms with E-state index in [4.69, 9.17) is 5.11 Å². The molecule has 1 atom stereocenters. The quantitative estimate of drug-likeness (QED) is 0.499. The molecule has 0 aromatic heterocycles. The van der Waals surface area contributed by atoms with Gasteiger partial charge in [0.1, 0.15) is 5.76 Å². The van der Waals surface area contributed by atoms with E-state index in [1.807, 2.05) is 0 Å². The van der Waals surface area contributed by atoms with Gasteiger partial charge in [0.25, 0.3) is 0 Å². The van der Waals surface area contributed by atoms with E-state index in [1.54, 1.807) is 13.8 Å². The van der Waals surface area contributed by atoms with Crippen LogP contribution in [0.3, 0.4) is 0 Å². The van der Waals surface area contributed by atoms with Gasteiger partial charge in [0.2, 0.25) is 0 Å². The first-order valence-electron chi connectivity index (χ1n) is 4.58. The minimum Gasteiger partial charge on any atom is -0.549 e. The number of aliphatic hydroxyl groups is 2. The normalized spacial score (nSPS) is 19.4. The summed E-state index contributed by atoms with van der Waals surface area (Å²) in [7, 11) is 0. The molecule has 1 rings (SSSR count). The summed E-state index contributed by atoms with van der Waals surface area (Å²) in [5.74, 6) is -2.36. The maximum Gasteiger partial charge on any atom is 1.00 e. The molecule has 0 saturated heterocycles. The van der Waals surface area contributed by atoms with Crippen molar-refractivity contribution in [3.63, 3.8) is 0 Å². The van der Waals surface area contributed by atoms with Crippen LogP contribution in [0.15, 0.2) is 34.6 Å². The van der Waals surface area contributed by atoms with E-state index < -0.39 is 11.9 Å². The van der Waals surface area contributed by atoms with Crippen LogP contribution in [-0.4, -0.2) is 22.8 Å². The molecular formula is C11H13NaO4. The van der Waals surface area contributed by atoms with Gasteiger partial charge in [-0.3, -0.25) is 0 Å². The molecule has 0 spiro atoms. The number of carboxylic acid groups (broad SMARTS) is 1. The van der Waals surface area contributed by atoms with Crippen molar-refractivity contribution in [2.45, 2.75) is 13.8 Å². The Labute approximate surface area is 116 Å². The van der Waals surface area contributed by atoms with Crippen molar-refractivity contribution in [1.82, 2.24) is 0 Å². The molecule has 5 heteroatoms. The number of carboxylic acids is 1. The molecule has 1 aliphatic rings. The van der Waals surface area contributed by atoms with E-state index in [-0.39, 0.29) is 41.9 Å². The molecule has 0 heterocycles. The molecular weight excluding hydrogens is 219 g/mol. The predicted octanol–water partition coefficient (Wildman–Crippen LogP) is -2.93. The average Bonchev–Trinajstić information content (AvgIpc) is 2.16. The fraction of sp³-hybridized carbons (Fsp3) is 0.364. The van der Waals surface area contributed by atoms with Crippen LogP contribution in [0.5, 0.6) is 0 Å². The number of carbonyl (C=O) groups is 1. The van der Waals surface area contributed by atoms with Crippen molar-refractivity contribution in [2.24, 2.45) is 5.92 Å². The molecule has 0 saturated carbocycles. The number of allylic oxidation sites excluding steroid dienone is 2. The van der Waals surface area contributed by atoms with Gasteiger partial charge >= 0.3 is 29.6 Å². The van der Waals surface area contributed by atoms with E-state index >= 15 is 0 Å². The van der Waals surface area contributed by atoms with E-state index in [0.717, 1.165) is 0 Å². The first kappa shape index (κ1) is 15.4. The molecule has 1 aliphatic carbocycles. The van der Waals surface area contributed by atoms with Gasteiger partial charge in [0.05, 0.1) is 12.6 Å². The molecule has 0 amide bonds. The van der Waals surface area contributed by atoms with Crippen LogP contribution >= 0.6 is 0 Å². The monoisotopic (exact) mass is 232 g/mol. The minimum atomic E-state index is -1.26. The van der Waals surface area contributed by atoms with E-state index in [1.165, 1.54) is 12.2 Å². The molecule has 4 nitrogen and oxygen atoms in total. The number of hydrogen-bond acceptors (Lipinski definition) is 4. The van der Waals surface area contributed by atoms with Gasteiger partial charge in [-0.1, -0.05) is 17.7 Å². The van der Waals surface area contributed by atoms with Crippen molar-refractivity contribution >= 4 is 5.97 Å². The third-order valence-corrected chi connectivity index (χ3v) is 2.32. The predicted molar refractivity (Wildman–Crippen MR) is 52.8 cm³/mol. The average molecular weight is 232 g/mol. The zero-order chi connectivity index (χ0) is 11.6. The fourth-order valence-electron chi connectivity index (χ4n) is 1.58. The van der Waals surface area contributed by atoms with Gasteiger partial charge < -0.3 is 20.1 Å². The number of hydrogen-bond donors (Lipinski definition) is 2. The number of rotatable bonds is 2. The molecule has 1 unspecified atom stereocenters. The Kier molecular flexibility index (Phi) is 6.04. The van der Waals surface area contributed by atoms with E-state index in [9.17, 15) is 15.0 Å². The van der Waals surface area contributed by atoms with Gasteiger partial charge in [0, 0.05) is 17.1 Å². The molecule has 0 aliphatic heterocycles. The van der Waals surface area contributed by atoms with Gasteiger partial charge in [-0.15, -0.1) is 0 Å². The third-order valence-electron chi connectivity index (χ3n) is 2.32. The Morgan fingerprint density at radius 2 is 2.06 bits per heavy atom. The van der Waals surface area contributed by atoms with Crippen LogP contribution in [0.1, 0.15) is 13.8 Å². The van der Waals surface area contributed by atoms with E-state index in [0.29, 0.717) is 16.7 Å². The van der Waals surface area contributed by atoms with Crippen LogP contribution in [-0.2, 0) is 4.79 Å². The van der Waals surface area contributed by atoms with Crippen molar-refractivity contribution in [2.75, 3.05) is 6.61 Å². The zero-order valence-electron chi connectivity index (χ0n) is 9.65. The zero-order valence-corrected chi connectivity index (χ0v) is 11.7. The molecule has 0 radical (unpaired) electrons. The second kappa shape index (κ2) is 6.25. The van der Waals surface area contributed by atoms with Crippen LogP contribution in [0.2, 0.25) is 0 Å². The molecule has 0 aromatic rings. The topological polar surface area (TPSA) is 80.6 Å². The van der Waals surface area contributed by atoms with Crippen LogP contribution in [0.4, 0.5) is 0 Å². The van der Waals surface area contributed by atoms with Crippen molar-refractivity contribution in [1.29, 1.82) is 0 Å². The third kappa shape index (κ3) is 2.98. The van der Waals surface area contributed by atoms with Gasteiger partial charge in [-0.05, 0) is 13.8 Å². The van der Waals surface area contributed by atoms with Crippen molar-refractivity contribution in [3.8, 4) is 0 Å². The van der Waals surface area contributed by atoms with Crippen LogP contribution in [0, 0.1) is 5.92 Å². The minimum absolute atomic E-state index is 0. The van der Waals surface area contributed by atoms with Gasteiger partial charge in [0.15, 0.2) is 0 Å². The maximum absolute atomic E-state index is 10.8. The summed E-state index contributed by atoms with van der Waals surface area (Å²) in [6.07, 6.45) is 2.81. The number of carbonyl (C=O) groups excluding carboxylic acids is 1. The molecule has 2 N–H and O–H groups in total. The first-order chi connectivity index (χ1) is 6.99. The molecule has 0 bridgehead atoms. The Bertz CT molecular complexity index is 375.